The summed E-state index contributed by atoms with van der Waals surface area (Å²) < 4.78 is 5.10. The number of carbonyl (C=O) groups excluding carboxylic acids is 3. The van der Waals surface area contributed by atoms with Crippen LogP contribution in [0.1, 0.15) is 81.1 Å². The van der Waals surface area contributed by atoms with Crippen LogP contribution in [0.2, 0.25) is 0 Å². The SMILES string of the molecule is CCCN1CCCCC1C(=O)N[C@H](C(=O)N(C)[C@H](C=C(C)C(=O)OCC)C(C)C)C(C)(C)C. The van der Waals surface area contributed by atoms with Crippen molar-refractivity contribution in [2.45, 2.75) is 99.2 Å². The first kappa shape index (κ1) is 29.1. The number of likely N-dealkylation sites (tertiary alicyclic amines) is 1. The lowest BCUT2D eigenvalue weighted by Gasteiger charge is -2.40. The number of esters is 1. The van der Waals surface area contributed by atoms with Crippen LogP contribution in [0.25, 0.3) is 0 Å². The first-order valence-electron chi connectivity index (χ1n) is 12.5. The zero-order chi connectivity index (χ0) is 25.3. The van der Waals surface area contributed by atoms with E-state index in [1.807, 2.05) is 34.6 Å². The Bertz CT molecular complexity index is 694. The zero-order valence-electron chi connectivity index (χ0n) is 22.4. The lowest BCUT2D eigenvalue weighted by Crippen LogP contribution is -2.60. The molecule has 0 aromatic heterocycles. The molecule has 190 valence electrons. The number of hydrogen-bond donors (Lipinski definition) is 1. The molecule has 0 aliphatic carbocycles. The molecule has 1 rings (SSSR count). The summed E-state index contributed by atoms with van der Waals surface area (Å²) in [6.07, 6.45) is 5.75. The summed E-state index contributed by atoms with van der Waals surface area (Å²) in [5.74, 6) is -0.513. The number of amides is 2. The largest absolute Gasteiger partial charge is 0.463 e. The molecule has 1 saturated heterocycles. The molecule has 1 fully saturated rings. The van der Waals surface area contributed by atoms with Gasteiger partial charge in [0.1, 0.15) is 6.04 Å². The topological polar surface area (TPSA) is 79.0 Å². The highest BCUT2D eigenvalue weighted by atomic mass is 16.5. The molecule has 7 heteroatoms. The number of piperidine rings is 1. The number of likely N-dealkylation sites (N-methyl/N-ethyl adjacent to an activating group) is 1. The van der Waals surface area contributed by atoms with Gasteiger partial charge in [0.15, 0.2) is 0 Å². The van der Waals surface area contributed by atoms with E-state index in [9.17, 15) is 14.4 Å². The predicted octanol–water partition coefficient (Wildman–Crippen LogP) is 3.77. The summed E-state index contributed by atoms with van der Waals surface area (Å²) in [6.45, 7) is 17.7. The summed E-state index contributed by atoms with van der Waals surface area (Å²) in [5, 5.41) is 3.10. The number of rotatable bonds is 10. The van der Waals surface area contributed by atoms with Crippen LogP contribution in [0.15, 0.2) is 11.6 Å². The van der Waals surface area contributed by atoms with E-state index in [0.717, 1.165) is 38.8 Å². The Morgan fingerprint density at radius 2 is 1.82 bits per heavy atom. The van der Waals surface area contributed by atoms with Gasteiger partial charge < -0.3 is 15.0 Å². The fourth-order valence-electron chi connectivity index (χ4n) is 4.40. The predicted molar refractivity (Wildman–Crippen MR) is 133 cm³/mol. The van der Waals surface area contributed by atoms with Gasteiger partial charge >= 0.3 is 5.97 Å². The quantitative estimate of drug-likeness (QED) is 0.392. The highest BCUT2D eigenvalue weighted by molar-refractivity contribution is 5.91. The molecule has 0 aromatic carbocycles. The van der Waals surface area contributed by atoms with Crippen LogP contribution in [-0.2, 0) is 19.1 Å². The van der Waals surface area contributed by atoms with E-state index in [1.165, 1.54) is 0 Å². The van der Waals surface area contributed by atoms with Gasteiger partial charge in [-0.15, -0.1) is 0 Å². The summed E-state index contributed by atoms with van der Waals surface area (Å²) >= 11 is 0. The Morgan fingerprint density at radius 3 is 2.33 bits per heavy atom. The molecule has 3 atom stereocenters. The minimum Gasteiger partial charge on any atom is -0.463 e. The number of carbonyl (C=O) groups is 3. The smallest absolute Gasteiger partial charge is 0.333 e. The van der Waals surface area contributed by atoms with Crippen LogP contribution in [0.4, 0.5) is 0 Å². The molecule has 0 saturated carbocycles. The van der Waals surface area contributed by atoms with Gasteiger partial charge in [0.2, 0.25) is 11.8 Å². The first-order chi connectivity index (χ1) is 15.3. The van der Waals surface area contributed by atoms with Crippen LogP contribution < -0.4 is 5.32 Å². The van der Waals surface area contributed by atoms with E-state index in [1.54, 1.807) is 31.9 Å². The van der Waals surface area contributed by atoms with Gasteiger partial charge in [-0.3, -0.25) is 14.5 Å². The minimum absolute atomic E-state index is 0.0656. The number of hydrogen-bond acceptors (Lipinski definition) is 5. The monoisotopic (exact) mass is 465 g/mol. The Balaban J connectivity index is 3.13. The molecule has 1 aliphatic rings. The number of ether oxygens (including phenoxy) is 1. The molecule has 1 aliphatic heterocycles. The van der Waals surface area contributed by atoms with Gasteiger partial charge in [-0.2, -0.15) is 0 Å². The molecule has 0 radical (unpaired) electrons. The molecule has 7 nitrogen and oxygen atoms in total. The van der Waals surface area contributed by atoms with Crippen molar-refractivity contribution in [1.82, 2.24) is 15.1 Å². The van der Waals surface area contributed by atoms with E-state index < -0.39 is 11.5 Å². The lowest BCUT2D eigenvalue weighted by atomic mass is 9.84. The van der Waals surface area contributed by atoms with Crippen LogP contribution in [0.3, 0.4) is 0 Å². The Hall–Kier alpha value is -1.89. The molecule has 1 unspecified atom stereocenters. The molecular weight excluding hydrogens is 418 g/mol. The van der Waals surface area contributed by atoms with E-state index in [2.05, 4.69) is 17.1 Å². The standard InChI is InChI=1S/C26H47N3O4/c1-10-15-29-16-13-12-14-20(29)23(30)27-22(26(6,7)8)24(31)28(9)21(18(3)4)17-19(5)25(32)33-11-2/h17-18,20-22H,10-16H2,1-9H3,(H,27,30)/t20?,21-,22-/m1/s1. The lowest BCUT2D eigenvalue weighted by molar-refractivity contribution is -0.142. The van der Waals surface area contributed by atoms with Crippen molar-refractivity contribution in [3.8, 4) is 0 Å². The Kier molecular flexibility index (Phi) is 11.6. The first-order valence-corrected chi connectivity index (χ1v) is 12.5. The third-order valence-corrected chi connectivity index (χ3v) is 6.32. The van der Waals surface area contributed by atoms with Gasteiger partial charge in [0.05, 0.1) is 18.7 Å². The van der Waals surface area contributed by atoms with Crippen molar-refractivity contribution >= 4 is 17.8 Å². The maximum absolute atomic E-state index is 13.7. The minimum atomic E-state index is -0.669. The molecule has 1 heterocycles. The number of nitrogens with zero attached hydrogens (tertiary/aromatic N) is 2. The summed E-state index contributed by atoms with van der Waals surface area (Å²) in [5.41, 5.74) is 0.0103. The molecule has 33 heavy (non-hydrogen) atoms. The molecule has 2 amide bonds. The normalized spacial score (nSPS) is 19.7. The van der Waals surface area contributed by atoms with E-state index in [-0.39, 0.29) is 35.8 Å². The second-order valence-corrected chi connectivity index (χ2v) is 10.6. The fourth-order valence-corrected chi connectivity index (χ4v) is 4.40. The van der Waals surface area contributed by atoms with E-state index in [4.69, 9.17) is 4.74 Å². The second kappa shape index (κ2) is 13.1. The average molecular weight is 466 g/mol. The van der Waals surface area contributed by atoms with Crippen molar-refractivity contribution in [2.24, 2.45) is 11.3 Å². The third kappa shape index (κ3) is 8.43. The maximum Gasteiger partial charge on any atom is 0.333 e. The second-order valence-electron chi connectivity index (χ2n) is 10.6. The molecule has 0 bridgehead atoms. The van der Waals surface area contributed by atoms with Crippen molar-refractivity contribution < 1.29 is 19.1 Å². The van der Waals surface area contributed by atoms with Gasteiger partial charge in [0, 0.05) is 12.6 Å². The van der Waals surface area contributed by atoms with Gasteiger partial charge in [-0.1, -0.05) is 54.0 Å². The van der Waals surface area contributed by atoms with Crippen molar-refractivity contribution in [1.29, 1.82) is 0 Å². The van der Waals surface area contributed by atoms with Gasteiger partial charge in [-0.25, -0.2) is 4.79 Å². The highest BCUT2D eigenvalue weighted by Gasteiger charge is 2.39. The van der Waals surface area contributed by atoms with Crippen LogP contribution in [-0.4, -0.2) is 72.5 Å². The summed E-state index contributed by atoms with van der Waals surface area (Å²) in [7, 11) is 1.75. The Morgan fingerprint density at radius 1 is 1.18 bits per heavy atom. The zero-order valence-corrected chi connectivity index (χ0v) is 22.4. The van der Waals surface area contributed by atoms with Gasteiger partial charge in [0.25, 0.3) is 0 Å². The van der Waals surface area contributed by atoms with Crippen molar-refractivity contribution in [2.75, 3.05) is 26.7 Å². The highest BCUT2D eigenvalue weighted by Crippen LogP contribution is 2.25. The summed E-state index contributed by atoms with van der Waals surface area (Å²) in [6, 6.07) is -1.15. The summed E-state index contributed by atoms with van der Waals surface area (Å²) in [4.78, 5) is 43.0. The van der Waals surface area contributed by atoms with Crippen molar-refractivity contribution in [3.63, 3.8) is 0 Å². The van der Waals surface area contributed by atoms with Crippen LogP contribution in [0.5, 0.6) is 0 Å². The van der Waals surface area contributed by atoms with Crippen LogP contribution >= 0.6 is 0 Å². The fraction of sp³-hybridized carbons (Fsp3) is 0.808. The van der Waals surface area contributed by atoms with E-state index >= 15 is 0 Å². The third-order valence-electron chi connectivity index (χ3n) is 6.32. The molecule has 1 N–H and O–H groups in total. The van der Waals surface area contributed by atoms with Crippen molar-refractivity contribution in [3.05, 3.63) is 11.6 Å². The number of nitrogens with one attached hydrogen (secondary N) is 1. The molecular formula is C26H47N3O4. The average Bonchev–Trinajstić information content (AvgIpc) is 2.74. The van der Waals surface area contributed by atoms with E-state index in [0.29, 0.717) is 12.2 Å². The maximum atomic E-state index is 13.7. The van der Waals surface area contributed by atoms with Gasteiger partial charge in [-0.05, 0) is 57.5 Å². The van der Waals surface area contributed by atoms with Crippen LogP contribution in [0, 0.1) is 11.3 Å². The Labute approximate surface area is 201 Å². The molecule has 0 spiro atoms. The molecule has 0 aromatic rings.